The van der Waals surface area contributed by atoms with Gasteiger partial charge in [-0.25, -0.2) is 9.78 Å². The number of allylic oxidation sites excluding steroid dienone is 2. The van der Waals surface area contributed by atoms with Crippen LogP contribution in [0.15, 0.2) is 66.8 Å². The van der Waals surface area contributed by atoms with Gasteiger partial charge in [0.05, 0.1) is 10.8 Å². The van der Waals surface area contributed by atoms with Crippen LogP contribution in [0, 0.1) is 5.41 Å². The molecule has 0 fully saturated rings. The van der Waals surface area contributed by atoms with Crippen molar-refractivity contribution in [2.45, 2.75) is 52.0 Å². The molecule has 3 aromatic rings. The third-order valence-corrected chi connectivity index (χ3v) is 6.64. The first-order valence-electron chi connectivity index (χ1n) is 11.6. The third kappa shape index (κ3) is 4.38. The summed E-state index contributed by atoms with van der Waals surface area (Å²) in [6.45, 7) is 5.86. The summed E-state index contributed by atoms with van der Waals surface area (Å²) in [5, 5.41) is 15.0. The number of pyridine rings is 2. The van der Waals surface area contributed by atoms with Gasteiger partial charge in [-0.1, -0.05) is 32.4 Å². The summed E-state index contributed by atoms with van der Waals surface area (Å²) in [5.74, 6) is -0.113. The van der Waals surface area contributed by atoms with Gasteiger partial charge in [-0.15, -0.1) is 0 Å². The van der Waals surface area contributed by atoms with Crippen molar-refractivity contribution in [1.82, 2.24) is 15.3 Å². The highest BCUT2D eigenvalue weighted by Crippen LogP contribution is 2.41. The summed E-state index contributed by atoms with van der Waals surface area (Å²) >= 11 is 0. The highest BCUT2D eigenvalue weighted by atomic mass is 16.5. The Labute approximate surface area is 198 Å². The smallest absolute Gasteiger partial charge is 0.326 e. The van der Waals surface area contributed by atoms with E-state index in [9.17, 15) is 14.7 Å². The average molecular weight is 460 g/mol. The normalized spacial score (nSPS) is 19.1. The monoisotopic (exact) mass is 459 g/mol. The van der Waals surface area contributed by atoms with E-state index in [0.717, 1.165) is 22.8 Å². The zero-order chi connectivity index (χ0) is 24.3. The molecule has 4 rings (SSSR count). The first kappa shape index (κ1) is 23.4. The van der Waals surface area contributed by atoms with Crippen molar-refractivity contribution in [3.05, 3.63) is 72.3 Å². The van der Waals surface area contributed by atoms with Gasteiger partial charge in [0.15, 0.2) is 5.78 Å². The number of carboxylic acid groups (broad SMARTS) is 1. The number of nitrogens with zero attached hydrogens (tertiary/aromatic N) is 2. The van der Waals surface area contributed by atoms with Gasteiger partial charge in [0.1, 0.15) is 11.8 Å². The van der Waals surface area contributed by atoms with Crippen LogP contribution in [0.25, 0.3) is 10.8 Å². The second-order valence-corrected chi connectivity index (χ2v) is 8.86. The molecule has 0 amide bonds. The fraction of sp³-hybridized carbons (Fsp3) is 0.333. The van der Waals surface area contributed by atoms with Gasteiger partial charge in [0, 0.05) is 36.3 Å². The van der Waals surface area contributed by atoms with Crippen molar-refractivity contribution in [2.24, 2.45) is 5.41 Å². The number of hydrogen-bond donors (Lipinski definition) is 2. The lowest BCUT2D eigenvalue weighted by molar-refractivity contribution is -0.140. The molecule has 0 radical (unpaired) electrons. The van der Waals surface area contributed by atoms with Gasteiger partial charge in [0.25, 0.3) is 0 Å². The SMILES string of the molecule is CCC[C@]1(C)C(=O)C=C1N[C@H](C(=O)O)C(CC)c1ccc(Oc2nccc3ccncc23)cc1. The summed E-state index contributed by atoms with van der Waals surface area (Å²) in [6, 6.07) is 10.4. The van der Waals surface area contributed by atoms with Gasteiger partial charge in [-0.2, -0.15) is 0 Å². The Kier molecular flexibility index (Phi) is 6.63. The minimum Gasteiger partial charge on any atom is -0.480 e. The van der Waals surface area contributed by atoms with Crippen molar-refractivity contribution in [3.63, 3.8) is 0 Å². The number of carbonyl (C=O) groups is 2. The average Bonchev–Trinajstić information content (AvgIpc) is 2.84. The lowest BCUT2D eigenvalue weighted by Crippen LogP contribution is -2.50. The van der Waals surface area contributed by atoms with Gasteiger partial charge in [0.2, 0.25) is 5.88 Å². The largest absolute Gasteiger partial charge is 0.480 e. The number of fused-ring (bicyclic) bond motifs is 1. The molecule has 34 heavy (non-hydrogen) atoms. The molecule has 176 valence electrons. The van der Waals surface area contributed by atoms with E-state index in [-0.39, 0.29) is 11.7 Å². The molecule has 2 N–H and O–H groups in total. The minimum atomic E-state index is -0.946. The molecule has 0 saturated carbocycles. The Balaban J connectivity index is 1.54. The number of ether oxygens (including phenoxy) is 1. The zero-order valence-corrected chi connectivity index (χ0v) is 19.6. The first-order valence-corrected chi connectivity index (χ1v) is 11.6. The van der Waals surface area contributed by atoms with E-state index in [2.05, 4.69) is 15.3 Å². The topological polar surface area (TPSA) is 101 Å². The third-order valence-electron chi connectivity index (χ3n) is 6.64. The quantitative estimate of drug-likeness (QED) is 0.428. The van der Waals surface area contributed by atoms with Crippen molar-refractivity contribution < 1.29 is 19.4 Å². The Morgan fingerprint density at radius 2 is 1.88 bits per heavy atom. The number of benzene rings is 1. The van der Waals surface area contributed by atoms with Crippen LogP contribution < -0.4 is 10.1 Å². The van der Waals surface area contributed by atoms with Crippen LogP contribution in [-0.4, -0.2) is 32.9 Å². The van der Waals surface area contributed by atoms with E-state index < -0.39 is 17.4 Å². The van der Waals surface area contributed by atoms with E-state index >= 15 is 0 Å². The maximum absolute atomic E-state index is 12.2. The van der Waals surface area contributed by atoms with E-state index in [4.69, 9.17) is 4.74 Å². The summed E-state index contributed by atoms with van der Waals surface area (Å²) in [7, 11) is 0. The van der Waals surface area contributed by atoms with Crippen molar-refractivity contribution in [1.29, 1.82) is 0 Å². The molecule has 0 bridgehead atoms. The molecule has 1 aromatic carbocycles. The highest BCUT2D eigenvalue weighted by Gasteiger charge is 2.45. The summed E-state index contributed by atoms with van der Waals surface area (Å²) in [4.78, 5) is 32.9. The Bertz CT molecular complexity index is 1230. The minimum absolute atomic E-state index is 0.0489. The molecule has 1 aliphatic carbocycles. The second-order valence-electron chi connectivity index (χ2n) is 8.86. The van der Waals surface area contributed by atoms with E-state index in [0.29, 0.717) is 30.2 Å². The van der Waals surface area contributed by atoms with E-state index in [1.165, 1.54) is 6.08 Å². The summed E-state index contributed by atoms with van der Waals surface area (Å²) < 4.78 is 6.00. The molecule has 7 nitrogen and oxygen atoms in total. The van der Waals surface area contributed by atoms with Crippen molar-refractivity contribution >= 4 is 22.5 Å². The molecule has 2 heterocycles. The lowest BCUT2D eigenvalue weighted by Gasteiger charge is -2.40. The predicted octanol–water partition coefficient (Wildman–Crippen LogP) is 5.23. The molecular weight excluding hydrogens is 430 g/mol. The van der Waals surface area contributed by atoms with E-state index in [1.807, 2.05) is 57.2 Å². The first-order chi connectivity index (χ1) is 16.4. The number of carboxylic acids is 1. The van der Waals surface area contributed by atoms with Crippen LogP contribution in [-0.2, 0) is 9.59 Å². The Morgan fingerprint density at radius 3 is 2.53 bits per heavy atom. The fourth-order valence-electron chi connectivity index (χ4n) is 4.59. The van der Waals surface area contributed by atoms with Crippen molar-refractivity contribution in [3.8, 4) is 11.6 Å². The second kappa shape index (κ2) is 9.63. The lowest BCUT2D eigenvalue weighted by atomic mass is 9.69. The predicted molar refractivity (Wildman–Crippen MR) is 130 cm³/mol. The summed E-state index contributed by atoms with van der Waals surface area (Å²) in [5.41, 5.74) is 0.963. The maximum atomic E-state index is 12.2. The molecule has 3 atom stereocenters. The standard InChI is InChI=1S/C27H29N3O4/c1-4-12-27(3)22(15-23(27)31)30-24(26(32)33)20(5-2)17-6-8-19(9-7-17)34-25-21-16-28-13-10-18(21)11-14-29-25/h6-11,13-16,20,24,30H,4-5,12H2,1-3H3,(H,32,33)/t20?,24-,27-/m0/s1. The Morgan fingerprint density at radius 1 is 1.15 bits per heavy atom. The highest BCUT2D eigenvalue weighted by molar-refractivity contribution is 6.04. The van der Waals surface area contributed by atoms with E-state index in [1.54, 1.807) is 18.6 Å². The molecule has 7 heteroatoms. The van der Waals surface area contributed by atoms with Crippen LogP contribution in [0.4, 0.5) is 0 Å². The molecule has 2 aromatic heterocycles. The molecule has 0 saturated heterocycles. The molecular formula is C27H29N3O4. The van der Waals surface area contributed by atoms with Gasteiger partial charge >= 0.3 is 5.97 Å². The maximum Gasteiger partial charge on any atom is 0.326 e. The van der Waals surface area contributed by atoms with Gasteiger partial charge in [-0.3, -0.25) is 9.78 Å². The van der Waals surface area contributed by atoms with Crippen LogP contribution in [0.1, 0.15) is 51.5 Å². The van der Waals surface area contributed by atoms with Gasteiger partial charge in [-0.05, 0) is 55.0 Å². The van der Waals surface area contributed by atoms with Crippen LogP contribution in [0.3, 0.4) is 0 Å². The van der Waals surface area contributed by atoms with Gasteiger partial charge < -0.3 is 15.2 Å². The van der Waals surface area contributed by atoms with Crippen LogP contribution in [0.5, 0.6) is 11.6 Å². The fourth-order valence-corrected chi connectivity index (χ4v) is 4.59. The molecule has 0 aliphatic heterocycles. The Hall–Kier alpha value is -3.74. The zero-order valence-electron chi connectivity index (χ0n) is 19.6. The number of carbonyl (C=O) groups excluding carboxylic acids is 1. The number of rotatable bonds is 10. The number of aliphatic carboxylic acids is 1. The molecule has 1 aliphatic rings. The number of nitrogens with one attached hydrogen (secondary N) is 1. The van der Waals surface area contributed by atoms with Crippen LogP contribution in [0.2, 0.25) is 0 Å². The van der Waals surface area contributed by atoms with Crippen molar-refractivity contribution in [2.75, 3.05) is 0 Å². The molecule has 1 unspecified atom stereocenters. The number of aromatic nitrogens is 2. The van der Waals surface area contributed by atoms with Crippen LogP contribution >= 0.6 is 0 Å². The number of ketones is 1. The molecule has 0 spiro atoms. The number of hydrogen-bond acceptors (Lipinski definition) is 6. The summed E-state index contributed by atoms with van der Waals surface area (Å²) in [6.07, 6.45) is 8.81.